The molecule has 0 bridgehead atoms. The second-order valence-corrected chi connectivity index (χ2v) is 8.51. The molecule has 5 nitrogen and oxygen atoms in total. The Balaban J connectivity index is 1.25. The van der Waals surface area contributed by atoms with Gasteiger partial charge in [0.25, 0.3) is 5.91 Å². The Morgan fingerprint density at radius 1 is 1.10 bits per heavy atom. The maximum absolute atomic E-state index is 13.0. The zero-order valence-electron chi connectivity index (χ0n) is 17.8. The van der Waals surface area contributed by atoms with Gasteiger partial charge < -0.3 is 15.1 Å². The molecule has 2 amide bonds. The van der Waals surface area contributed by atoms with Gasteiger partial charge in [-0.25, -0.2) is 0 Å². The van der Waals surface area contributed by atoms with E-state index in [0.717, 1.165) is 62.1 Å². The monoisotopic (exact) mass is 405 g/mol. The minimum atomic E-state index is 0.0523. The Hall–Kier alpha value is -2.66. The quantitative estimate of drug-likeness (QED) is 0.797. The minimum Gasteiger partial charge on any atom is -0.339 e. The van der Waals surface area contributed by atoms with Crippen molar-refractivity contribution in [2.45, 2.75) is 44.6 Å². The van der Waals surface area contributed by atoms with Crippen LogP contribution in [0.25, 0.3) is 0 Å². The highest BCUT2D eigenvalue weighted by molar-refractivity contribution is 5.98. The van der Waals surface area contributed by atoms with Gasteiger partial charge in [0, 0.05) is 36.8 Å². The fourth-order valence-corrected chi connectivity index (χ4v) is 4.57. The van der Waals surface area contributed by atoms with Crippen molar-refractivity contribution in [3.8, 4) is 0 Å². The molecule has 5 heteroatoms. The largest absolute Gasteiger partial charge is 0.339 e. The number of anilines is 1. The molecule has 2 aliphatic rings. The number of aryl methyl sites for hydroxylation is 2. The first-order chi connectivity index (χ1) is 14.6. The molecule has 1 N–H and O–H groups in total. The molecule has 0 spiro atoms. The number of carbonyl (C=O) groups excluding carboxylic acids is 2. The second-order valence-electron chi connectivity index (χ2n) is 8.51. The third-order valence-electron chi connectivity index (χ3n) is 6.44. The third-order valence-corrected chi connectivity index (χ3v) is 6.44. The summed E-state index contributed by atoms with van der Waals surface area (Å²) in [5, 5.41) is 2.88. The summed E-state index contributed by atoms with van der Waals surface area (Å²) in [5.74, 6) is 0.163. The first kappa shape index (κ1) is 20.6. The third kappa shape index (κ3) is 4.90. The number of rotatable bonds is 6. The van der Waals surface area contributed by atoms with Crippen LogP contribution in [0.15, 0.2) is 48.5 Å². The van der Waals surface area contributed by atoms with Gasteiger partial charge in [0.2, 0.25) is 5.91 Å². The molecule has 30 heavy (non-hydrogen) atoms. The molecule has 0 radical (unpaired) electrons. The van der Waals surface area contributed by atoms with Crippen LogP contribution in [0.2, 0.25) is 0 Å². The van der Waals surface area contributed by atoms with Gasteiger partial charge >= 0.3 is 0 Å². The Kier molecular flexibility index (Phi) is 6.48. The number of nitrogens with zero attached hydrogens (tertiary/aromatic N) is 2. The van der Waals surface area contributed by atoms with Crippen molar-refractivity contribution in [2.75, 3.05) is 32.0 Å². The van der Waals surface area contributed by atoms with E-state index in [-0.39, 0.29) is 11.8 Å². The Morgan fingerprint density at radius 3 is 2.63 bits per heavy atom. The van der Waals surface area contributed by atoms with Gasteiger partial charge in [-0.1, -0.05) is 30.3 Å². The summed E-state index contributed by atoms with van der Waals surface area (Å²) in [7, 11) is 2.21. The lowest BCUT2D eigenvalue weighted by Crippen LogP contribution is -2.45. The highest BCUT2D eigenvalue weighted by atomic mass is 16.2. The van der Waals surface area contributed by atoms with Crippen LogP contribution in [0.5, 0.6) is 0 Å². The van der Waals surface area contributed by atoms with E-state index in [0.29, 0.717) is 18.9 Å². The normalized spacial score (nSPS) is 17.0. The average molecular weight is 406 g/mol. The number of hydrogen-bond donors (Lipinski definition) is 1. The summed E-state index contributed by atoms with van der Waals surface area (Å²) in [4.78, 5) is 29.0. The van der Waals surface area contributed by atoms with Gasteiger partial charge in [-0.15, -0.1) is 0 Å². The van der Waals surface area contributed by atoms with Gasteiger partial charge in [0.05, 0.1) is 0 Å². The van der Waals surface area contributed by atoms with Crippen LogP contribution < -0.4 is 5.32 Å². The molecule has 2 aromatic rings. The number of fused-ring (bicyclic) bond motifs is 1. The average Bonchev–Trinajstić information content (AvgIpc) is 2.79. The van der Waals surface area contributed by atoms with E-state index in [9.17, 15) is 9.59 Å². The molecule has 2 aliphatic heterocycles. The van der Waals surface area contributed by atoms with Crippen molar-refractivity contribution >= 4 is 17.5 Å². The SMILES string of the molecule is CN(CCCc1ccccc1)C1CCN(C(=O)c2ccc3c(c2)CCC(=O)N3)CC1. The summed E-state index contributed by atoms with van der Waals surface area (Å²) < 4.78 is 0. The van der Waals surface area contributed by atoms with Gasteiger partial charge in [-0.2, -0.15) is 0 Å². The molecule has 1 saturated heterocycles. The van der Waals surface area contributed by atoms with Crippen molar-refractivity contribution in [1.82, 2.24) is 9.80 Å². The number of amides is 2. The van der Waals surface area contributed by atoms with Crippen molar-refractivity contribution in [3.05, 3.63) is 65.2 Å². The molecule has 1 fully saturated rings. The van der Waals surface area contributed by atoms with Crippen molar-refractivity contribution in [1.29, 1.82) is 0 Å². The van der Waals surface area contributed by atoms with E-state index in [1.54, 1.807) is 0 Å². The molecule has 158 valence electrons. The summed E-state index contributed by atoms with van der Waals surface area (Å²) >= 11 is 0. The number of nitrogens with one attached hydrogen (secondary N) is 1. The van der Waals surface area contributed by atoms with Gasteiger partial charge in [0.15, 0.2) is 0 Å². The van der Waals surface area contributed by atoms with Crippen molar-refractivity contribution < 1.29 is 9.59 Å². The van der Waals surface area contributed by atoms with Crippen LogP contribution in [0.4, 0.5) is 5.69 Å². The predicted octanol–water partition coefficient (Wildman–Crippen LogP) is 3.74. The lowest BCUT2D eigenvalue weighted by atomic mass is 9.98. The molecule has 0 aliphatic carbocycles. The molecule has 0 saturated carbocycles. The molecule has 2 heterocycles. The van der Waals surface area contributed by atoms with E-state index < -0.39 is 0 Å². The fourth-order valence-electron chi connectivity index (χ4n) is 4.57. The highest BCUT2D eigenvalue weighted by Gasteiger charge is 2.26. The predicted molar refractivity (Wildman–Crippen MR) is 120 cm³/mol. The van der Waals surface area contributed by atoms with Gasteiger partial charge in [-0.3, -0.25) is 9.59 Å². The fraction of sp³-hybridized carbons (Fsp3) is 0.440. The minimum absolute atomic E-state index is 0.0523. The standard InChI is InChI=1S/C25H31N3O2/c1-27(15-5-8-19-6-3-2-4-7-19)22-13-16-28(17-14-22)25(30)21-9-11-23-20(18-21)10-12-24(29)26-23/h2-4,6-7,9,11,18,22H,5,8,10,12-17H2,1H3,(H,26,29). The summed E-state index contributed by atoms with van der Waals surface area (Å²) in [6.07, 6.45) is 5.51. The van der Waals surface area contributed by atoms with Crippen LogP contribution >= 0.6 is 0 Å². The highest BCUT2D eigenvalue weighted by Crippen LogP contribution is 2.25. The molecular weight excluding hydrogens is 374 g/mol. The number of likely N-dealkylation sites (tertiary alicyclic amines) is 1. The van der Waals surface area contributed by atoms with E-state index in [2.05, 4.69) is 47.6 Å². The van der Waals surface area contributed by atoms with Crippen LogP contribution in [-0.4, -0.2) is 54.3 Å². The molecule has 4 rings (SSSR count). The molecular formula is C25H31N3O2. The van der Waals surface area contributed by atoms with E-state index in [1.165, 1.54) is 5.56 Å². The first-order valence-corrected chi connectivity index (χ1v) is 11.1. The Bertz CT molecular complexity index is 889. The van der Waals surface area contributed by atoms with Crippen LogP contribution in [-0.2, 0) is 17.6 Å². The zero-order valence-corrected chi connectivity index (χ0v) is 17.8. The van der Waals surface area contributed by atoms with Gasteiger partial charge in [0.1, 0.15) is 0 Å². The van der Waals surface area contributed by atoms with Crippen LogP contribution in [0.1, 0.15) is 47.2 Å². The van der Waals surface area contributed by atoms with Crippen LogP contribution in [0.3, 0.4) is 0 Å². The number of piperidine rings is 1. The Labute approximate surface area is 179 Å². The number of benzene rings is 2. The molecule has 0 atom stereocenters. The maximum Gasteiger partial charge on any atom is 0.253 e. The maximum atomic E-state index is 13.0. The zero-order chi connectivity index (χ0) is 20.9. The lowest BCUT2D eigenvalue weighted by Gasteiger charge is -2.37. The summed E-state index contributed by atoms with van der Waals surface area (Å²) in [6.45, 7) is 2.70. The second kappa shape index (κ2) is 9.43. The van der Waals surface area contributed by atoms with E-state index in [1.807, 2.05) is 23.1 Å². The number of hydrogen-bond acceptors (Lipinski definition) is 3. The summed E-state index contributed by atoms with van der Waals surface area (Å²) in [5.41, 5.74) is 4.04. The topological polar surface area (TPSA) is 52.7 Å². The molecule has 0 unspecified atom stereocenters. The summed E-state index contributed by atoms with van der Waals surface area (Å²) in [6, 6.07) is 16.9. The van der Waals surface area contributed by atoms with E-state index in [4.69, 9.17) is 0 Å². The smallest absolute Gasteiger partial charge is 0.253 e. The lowest BCUT2D eigenvalue weighted by molar-refractivity contribution is -0.116. The molecule has 2 aromatic carbocycles. The van der Waals surface area contributed by atoms with E-state index >= 15 is 0 Å². The van der Waals surface area contributed by atoms with Crippen molar-refractivity contribution in [3.63, 3.8) is 0 Å². The van der Waals surface area contributed by atoms with Gasteiger partial charge in [-0.05, 0) is 75.0 Å². The number of carbonyl (C=O) groups is 2. The first-order valence-electron chi connectivity index (χ1n) is 11.1. The van der Waals surface area contributed by atoms with Crippen LogP contribution in [0, 0.1) is 0 Å². The van der Waals surface area contributed by atoms with Crippen molar-refractivity contribution in [2.24, 2.45) is 0 Å². The molecule has 0 aromatic heterocycles. The Morgan fingerprint density at radius 2 is 1.87 bits per heavy atom.